The summed E-state index contributed by atoms with van der Waals surface area (Å²) < 4.78 is 11.5. The molecule has 27 heavy (non-hydrogen) atoms. The van der Waals surface area contributed by atoms with Gasteiger partial charge in [-0.2, -0.15) is 0 Å². The smallest absolute Gasteiger partial charge is 0.171 e. The molecule has 4 aromatic rings. The molecule has 1 aromatic heterocycles. The van der Waals surface area contributed by atoms with E-state index in [1.165, 1.54) is 5.56 Å². The molecule has 136 valence electrons. The molecule has 1 atom stereocenters. The molecule has 3 aromatic carbocycles. The third-order valence-electron chi connectivity index (χ3n) is 4.59. The van der Waals surface area contributed by atoms with Gasteiger partial charge in [-0.1, -0.05) is 48.5 Å². The third kappa shape index (κ3) is 3.46. The highest BCUT2D eigenvalue weighted by atomic mass is 32.1. The Kier molecular flexibility index (Phi) is 4.69. The fraction of sp³-hybridized carbons (Fsp3) is 0.136. The van der Waals surface area contributed by atoms with E-state index in [2.05, 4.69) is 29.7 Å². The van der Waals surface area contributed by atoms with E-state index in [-0.39, 0.29) is 6.04 Å². The third-order valence-corrected chi connectivity index (χ3v) is 4.81. The van der Waals surface area contributed by atoms with Gasteiger partial charge >= 0.3 is 0 Å². The summed E-state index contributed by atoms with van der Waals surface area (Å²) in [6.07, 6.45) is 0. The first-order valence-electron chi connectivity index (χ1n) is 8.77. The number of ether oxygens (including phenoxy) is 1. The van der Waals surface area contributed by atoms with E-state index in [1.807, 2.05) is 54.6 Å². The number of para-hydroxylation sites is 1. The highest BCUT2D eigenvalue weighted by molar-refractivity contribution is 7.80. The van der Waals surface area contributed by atoms with E-state index in [0.717, 1.165) is 27.6 Å². The van der Waals surface area contributed by atoms with Gasteiger partial charge in [-0.15, -0.1) is 0 Å². The van der Waals surface area contributed by atoms with E-state index in [9.17, 15) is 0 Å². The monoisotopic (exact) mass is 376 g/mol. The van der Waals surface area contributed by atoms with Gasteiger partial charge < -0.3 is 19.8 Å². The van der Waals surface area contributed by atoms with Crippen molar-refractivity contribution in [3.63, 3.8) is 0 Å². The molecule has 4 nitrogen and oxygen atoms in total. The quantitative estimate of drug-likeness (QED) is 0.451. The van der Waals surface area contributed by atoms with Crippen LogP contribution in [0.3, 0.4) is 0 Å². The number of thiocarbonyl (C=S) groups is 1. The number of fused-ring (bicyclic) bond motifs is 3. The second kappa shape index (κ2) is 7.29. The Bertz CT molecular complexity index is 1110. The SMILES string of the molecule is COc1cc2c(cc1NC(=S)NC(C)c1ccccc1)oc1ccccc12. The van der Waals surface area contributed by atoms with Gasteiger partial charge in [0.15, 0.2) is 5.11 Å². The predicted octanol–water partition coefficient (Wildman–Crippen LogP) is 5.64. The van der Waals surface area contributed by atoms with E-state index >= 15 is 0 Å². The fourth-order valence-electron chi connectivity index (χ4n) is 3.20. The molecule has 0 amide bonds. The van der Waals surface area contributed by atoms with Crippen molar-refractivity contribution in [3.8, 4) is 5.75 Å². The zero-order valence-corrected chi connectivity index (χ0v) is 16.0. The first kappa shape index (κ1) is 17.4. The molecule has 0 aliphatic heterocycles. The van der Waals surface area contributed by atoms with Crippen LogP contribution in [0, 0.1) is 0 Å². The van der Waals surface area contributed by atoms with Crippen molar-refractivity contribution in [1.29, 1.82) is 0 Å². The van der Waals surface area contributed by atoms with Gasteiger partial charge in [0.25, 0.3) is 0 Å². The first-order chi connectivity index (χ1) is 13.2. The molecule has 0 spiro atoms. The minimum absolute atomic E-state index is 0.0899. The van der Waals surface area contributed by atoms with Crippen molar-refractivity contribution in [2.75, 3.05) is 12.4 Å². The van der Waals surface area contributed by atoms with Gasteiger partial charge in [0, 0.05) is 16.8 Å². The maximum absolute atomic E-state index is 5.97. The molecule has 1 heterocycles. The number of furan rings is 1. The Hall–Kier alpha value is -3.05. The normalized spacial score (nSPS) is 12.1. The van der Waals surface area contributed by atoms with Crippen LogP contribution < -0.4 is 15.4 Å². The average Bonchev–Trinajstić information content (AvgIpc) is 3.05. The van der Waals surface area contributed by atoms with E-state index in [0.29, 0.717) is 10.9 Å². The van der Waals surface area contributed by atoms with Crippen molar-refractivity contribution in [2.45, 2.75) is 13.0 Å². The number of methoxy groups -OCH3 is 1. The lowest BCUT2D eigenvalue weighted by Crippen LogP contribution is -2.31. The first-order valence-corrected chi connectivity index (χ1v) is 9.18. The number of hydrogen-bond acceptors (Lipinski definition) is 3. The molecule has 0 aliphatic rings. The van der Waals surface area contributed by atoms with Gasteiger partial charge in [0.2, 0.25) is 0 Å². The summed E-state index contributed by atoms with van der Waals surface area (Å²) in [4.78, 5) is 0. The average molecular weight is 376 g/mol. The van der Waals surface area contributed by atoms with Crippen molar-refractivity contribution >= 4 is 45.0 Å². The van der Waals surface area contributed by atoms with E-state index < -0.39 is 0 Å². The summed E-state index contributed by atoms with van der Waals surface area (Å²) >= 11 is 5.50. The number of rotatable bonds is 4. The summed E-state index contributed by atoms with van der Waals surface area (Å²) in [5.74, 6) is 0.713. The summed E-state index contributed by atoms with van der Waals surface area (Å²) in [6.45, 7) is 2.07. The number of nitrogens with one attached hydrogen (secondary N) is 2. The summed E-state index contributed by atoms with van der Waals surface area (Å²) in [7, 11) is 1.65. The summed E-state index contributed by atoms with van der Waals surface area (Å²) in [5, 5.41) is 9.15. The number of anilines is 1. The maximum Gasteiger partial charge on any atom is 0.171 e. The van der Waals surface area contributed by atoms with Crippen LogP contribution in [0.2, 0.25) is 0 Å². The van der Waals surface area contributed by atoms with Crippen molar-refractivity contribution in [2.24, 2.45) is 0 Å². The van der Waals surface area contributed by atoms with Crippen LogP contribution in [-0.4, -0.2) is 12.2 Å². The second-order valence-corrected chi connectivity index (χ2v) is 6.79. The second-order valence-electron chi connectivity index (χ2n) is 6.38. The highest BCUT2D eigenvalue weighted by Gasteiger charge is 2.14. The van der Waals surface area contributed by atoms with Gasteiger partial charge in [0.05, 0.1) is 18.8 Å². The van der Waals surface area contributed by atoms with Crippen LogP contribution in [0.15, 0.2) is 71.1 Å². The van der Waals surface area contributed by atoms with Crippen LogP contribution in [0.4, 0.5) is 5.69 Å². The largest absolute Gasteiger partial charge is 0.495 e. The molecule has 0 fully saturated rings. The molecule has 1 unspecified atom stereocenters. The predicted molar refractivity (Wildman–Crippen MR) is 114 cm³/mol. The number of benzene rings is 3. The Morgan fingerprint density at radius 3 is 2.48 bits per heavy atom. The van der Waals surface area contributed by atoms with Crippen LogP contribution >= 0.6 is 12.2 Å². The molecule has 0 aliphatic carbocycles. The van der Waals surface area contributed by atoms with E-state index in [4.69, 9.17) is 21.4 Å². The Balaban J connectivity index is 1.61. The minimum atomic E-state index is 0.0899. The Morgan fingerprint density at radius 2 is 1.70 bits per heavy atom. The Morgan fingerprint density at radius 1 is 0.963 bits per heavy atom. The summed E-state index contributed by atoms with van der Waals surface area (Å²) in [6, 6.07) is 22.1. The van der Waals surface area contributed by atoms with Gasteiger partial charge in [-0.05, 0) is 36.8 Å². The molecular weight excluding hydrogens is 356 g/mol. The molecule has 4 rings (SSSR count). The molecule has 0 bridgehead atoms. The van der Waals surface area contributed by atoms with Crippen molar-refractivity contribution < 1.29 is 9.15 Å². The lowest BCUT2D eigenvalue weighted by molar-refractivity contribution is 0.417. The molecule has 0 radical (unpaired) electrons. The zero-order valence-electron chi connectivity index (χ0n) is 15.2. The fourth-order valence-corrected chi connectivity index (χ4v) is 3.48. The zero-order chi connectivity index (χ0) is 18.8. The lowest BCUT2D eigenvalue weighted by Gasteiger charge is -2.18. The molecule has 2 N–H and O–H groups in total. The topological polar surface area (TPSA) is 46.4 Å². The van der Waals surface area contributed by atoms with Crippen molar-refractivity contribution in [1.82, 2.24) is 5.32 Å². The minimum Gasteiger partial charge on any atom is -0.495 e. The lowest BCUT2D eigenvalue weighted by atomic mass is 10.1. The van der Waals surface area contributed by atoms with Crippen LogP contribution in [0.5, 0.6) is 5.75 Å². The van der Waals surface area contributed by atoms with Gasteiger partial charge in [-0.3, -0.25) is 0 Å². The molecule has 5 heteroatoms. The van der Waals surface area contributed by atoms with Gasteiger partial charge in [0.1, 0.15) is 16.9 Å². The van der Waals surface area contributed by atoms with Crippen LogP contribution in [-0.2, 0) is 0 Å². The molecule has 0 saturated heterocycles. The molecule has 0 saturated carbocycles. The van der Waals surface area contributed by atoms with Crippen LogP contribution in [0.25, 0.3) is 21.9 Å². The Labute approximate surface area is 163 Å². The van der Waals surface area contributed by atoms with E-state index in [1.54, 1.807) is 7.11 Å². The van der Waals surface area contributed by atoms with Crippen LogP contribution in [0.1, 0.15) is 18.5 Å². The maximum atomic E-state index is 5.97. The standard InChI is InChI=1S/C22H20N2O2S/c1-14(15-8-4-3-5-9-15)23-22(27)24-18-13-20-17(12-21(18)25-2)16-10-6-7-11-19(16)26-20/h3-14H,1-2H3,(H2,23,24,27). The van der Waals surface area contributed by atoms with Gasteiger partial charge in [-0.25, -0.2) is 0 Å². The highest BCUT2D eigenvalue weighted by Crippen LogP contribution is 2.36. The molecular formula is C22H20N2O2S. The van der Waals surface area contributed by atoms with Crippen molar-refractivity contribution in [3.05, 3.63) is 72.3 Å². The number of hydrogen-bond donors (Lipinski definition) is 2. The summed E-state index contributed by atoms with van der Waals surface area (Å²) in [5.41, 5.74) is 3.58.